The second-order valence-electron chi connectivity index (χ2n) is 7.84. The molecule has 0 aromatic heterocycles. The Bertz CT molecular complexity index is 773. The number of hydrogen-bond acceptors (Lipinski definition) is 4. The number of nitrogens with zero attached hydrogens (tertiary/aromatic N) is 2. The zero-order valence-electron chi connectivity index (χ0n) is 19.4. The third kappa shape index (κ3) is 6.48. The van der Waals surface area contributed by atoms with Crippen molar-refractivity contribution in [3.63, 3.8) is 0 Å². The van der Waals surface area contributed by atoms with Crippen LogP contribution in [0.4, 0.5) is 21.0 Å². The molecule has 0 saturated carbocycles. The second-order valence-corrected chi connectivity index (χ2v) is 7.84. The van der Waals surface area contributed by atoms with Gasteiger partial charge in [-0.25, -0.2) is 9.59 Å². The minimum absolute atomic E-state index is 0.000690. The zero-order chi connectivity index (χ0) is 23.0. The predicted octanol–water partition coefficient (Wildman–Crippen LogP) is 6.02. The Morgan fingerprint density at radius 3 is 1.26 bits per heavy atom. The summed E-state index contributed by atoms with van der Waals surface area (Å²) in [6, 6.07) is 15.9. The maximum Gasteiger partial charge on any atom is 0.414 e. The Hall–Kier alpha value is -3.02. The molecule has 0 bridgehead atoms. The molecule has 0 radical (unpaired) electrons. The number of anilines is 2. The second kappa shape index (κ2) is 11.4. The third-order valence-corrected chi connectivity index (χ3v) is 4.80. The first-order valence-corrected chi connectivity index (χ1v) is 10.9. The average Bonchev–Trinajstić information content (AvgIpc) is 2.71. The van der Waals surface area contributed by atoms with Crippen molar-refractivity contribution in [2.24, 2.45) is 0 Å². The van der Waals surface area contributed by atoms with Gasteiger partial charge in [0.05, 0.1) is 13.2 Å². The molecule has 0 fully saturated rings. The van der Waals surface area contributed by atoms with Gasteiger partial charge in [-0.05, 0) is 83.4 Å². The highest BCUT2D eigenvalue weighted by Gasteiger charge is 2.21. The van der Waals surface area contributed by atoms with E-state index in [2.05, 4.69) is 0 Å². The van der Waals surface area contributed by atoms with Crippen LogP contribution in [0.15, 0.2) is 48.5 Å². The van der Waals surface area contributed by atoms with Gasteiger partial charge >= 0.3 is 12.2 Å². The minimum Gasteiger partial charge on any atom is -0.449 e. The molecule has 0 saturated heterocycles. The standard InChI is InChI=1S/C25H34N2O4/c1-7-30-24(28)26(18(3)4)22-13-9-20(10-14-22)17-21-11-15-23(16-12-21)27(19(5)6)25(29)31-8-2/h9-16,18-19H,7-8,17H2,1-6H3. The van der Waals surface area contributed by atoms with Crippen LogP contribution in [0.1, 0.15) is 52.7 Å². The number of hydrogen-bond donors (Lipinski definition) is 0. The lowest BCUT2D eigenvalue weighted by Crippen LogP contribution is -2.37. The fraction of sp³-hybridized carbons (Fsp3) is 0.440. The molecule has 0 heterocycles. The Labute approximate surface area is 185 Å². The maximum absolute atomic E-state index is 12.3. The van der Waals surface area contributed by atoms with Crippen molar-refractivity contribution in [1.82, 2.24) is 0 Å². The lowest BCUT2D eigenvalue weighted by Gasteiger charge is -2.26. The summed E-state index contributed by atoms with van der Waals surface area (Å²) in [7, 11) is 0. The number of carbonyl (C=O) groups excluding carboxylic acids is 2. The highest BCUT2D eigenvalue weighted by Crippen LogP contribution is 2.23. The van der Waals surface area contributed by atoms with Gasteiger partial charge in [-0.1, -0.05) is 24.3 Å². The van der Waals surface area contributed by atoms with Gasteiger partial charge in [0.15, 0.2) is 0 Å². The summed E-state index contributed by atoms with van der Waals surface area (Å²) in [6.07, 6.45) is 0.0808. The van der Waals surface area contributed by atoms with E-state index in [0.29, 0.717) is 13.2 Å². The molecule has 0 aliphatic carbocycles. The van der Waals surface area contributed by atoms with E-state index in [1.165, 1.54) is 0 Å². The molecule has 2 aromatic carbocycles. The van der Waals surface area contributed by atoms with Crippen molar-refractivity contribution in [2.75, 3.05) is 23.0 Å². The molecule has 2 aromatic rings. The van der Waals surface area contributed by atoms with Gasteiger partial charge in [-0.3, -0.25) is 9.80 Å². The van der Waals surface area contributed by atoms with E-state index in [0.717, 1.165) is 28.9 Å². The van der Waals surface area contributed by atoms with E-state index in [9.17, 15) is 9.59 Å². The molecule has 31 heavy (non-hydrogen) atoms. The van der Waals surface area contributed by atoms with Crippen LogP contribution >= 0.6 is 0 Å². The first-order valence-electron chi connectivity index (χ1n) is 10.9. The summed E-state index contributed by atoms with van der Waals surface area (Å²) >= 11 is 0. The molecule has 0 unspecified atom stereocenters. The van der Waals surface area contributed by atoms with Crippen molar-refractivity contribution < 1.29 is 19.1 Å². The average molecular weight is 427 g/mol. The van der Waals surface area contributed by atoms with Gasteiger partial charge in [0, 0.05) is 23.5 Å². The highest BCUT2D eigenvalue weighted by molar-refractivity contribution is 5.88. The van der Waals surface area contributed by atoms with E-state index < -0.39 is 0 Å². The van der Waals surface area contributed by atoms with E-state index in [-0.39, 0.29) is 24.3 Å². The van der Waals surface area contributed by atoms with E-state index >= 15 is 0 Å². The van der Waals surface area contributed by atoms with E-state index in [4.69, 9.17) is 9.47 Å². The molecule has 0 spiro atoms. The van der Waals surface area contributed by atoms with E-state index in [1.54, 1.807) is 23.6 Å². The minimum atomic E-state index is -0.336. The lowest BCUT2D eigenvalue weighted by molar-refractivity contribution is 0.157. The number of benzene rings is 2. The van der Waals surface area contributed by atoms with Gasteiger partial charge in [0.1, 0.15) is 0 Å². The van der Waals surface area contributed by atoms with Gasteiger partial charge in [-0.15, -0.1) is 0 Å². The molecule has 2 rings (SSSR count). The van der Waals surface area contributed by atoms with Crippen LogP contribution in [-0.2, 0) is 15.9 Å². The zero-order valence-corrected chi connectivity index (χ0v) is 19.4. The summed E-state index contributed by atoms with van der Waals surface area (Å²) in [5, 5.41) is 0. The summed E-state index contributed by atoms with van der Waals surface area (Å²) in [4.78, 5) is 27.8. The number of amides is 2. The van der Waals surface area contributed by atoms with Gasteiger partial charge in [0.2, 0.25) is 0 Å². The molecule has 0 aliphatic heterocycles. The Morgan fingerprint density at radius 2 is 1.00 bits per heavy atom. The van der Waals surface area contributed by atoms with Crippen LogP contribution in [-0.4, -0.2) is 37.5 Å². The fourth-order valence-electron chi connectivity index (χ4n) is 3.40. The summed E-state index contributed by atoms with van der Waals surface area (Å²) in [6.45, 7) is 12.1. The van der Waals surface area contributed by atoms with Gasteiger partial charge in [0.25, 0.3) is 0 Å². The summed E-state index contributed by atoms with van der Waals surface area (Å²) < 4.78 is 10.3. The fourth-order valence-corrected chi connectivity index (χ4v) is 3.40. The van der Waals surface area contributed by atoms with Crippen LogP contribution < -0.4 is 9.80 Å². The van der Waals surface area contributed by atoms with Crippen LogP contribution in [0.3, 0.4) is 0 Å². The van der Waals surface area contributed by atoms with Crippen LogP contribution in [0.25, 0.3) is 0 Å². The molecule has 0 N–H and O–H groups in total. The Kier molecular flexibility index (Phi) is 8.91. The normalized spacial score (nSPS) is 10.8. The number of ether oxygens (including phenoxy) is 2. The molecule has 6 nitrogen and oxygen atoms in total. The maximum atomic E-state index is 12.3. The summed E-state index contributed by atoms with van der Waals surface area (Å²) in [5.41, 5.74) is 3.90. The largest absolute Gasteiger partial charge is 0.449 e. The van der Waals surface area contributed by atoms with E-state index in [1.807, 2.05) is 76.2 Å². The van der Waals surface area contributed by atoms with Crippen molar-refractivity contribution >= 4 is 23.6 Å². The Morgan fingerprint density at radius 1 is 0.677 bits per heavy atom. The smallest absolute Gasteiger partial charge is 0.414 e. The Balaban J connectivity index is 2.13. The highest BCUT2D eigenvalue weighted by atomic mass is 16.6. The SMILES string of the molecule is CCOC(=O)N(c1ccc(Cc2ccc(N(C(=O)OCC)C(C)C)cc2)cc1)C(C)C. The monoisotopic (exact) mass is 426 g/mol. The van der Waals surface area contributed by atoms with Crippen molar-refractivity contribution in [1.29, 1.82) is 0 Å². The van der Waals surface area contributed by atoms with Crippen molar-refractivity contribution in [2.45, 2.75) is 60.0 Å². The molecule has 2 amide bonds. The van der Waals surface area contributed by atoms with Crippen LogP contribution in [0.2, 0.25) is 0 Å². The van der Waals surface area contributed by atoms with Crippen LogP contribution in [0.5, 0.6) is 0 Å². The molecule has 168 valence electrons. The van der Waals surface area contributed by atoms with Crippen LogP contribution in [0, 0.1) is 0 Å². The topological polar surface area (TPSA) is 59.1 Å². The quantitative estimate of drug-likeness (QED) is 0.518. The molecule has 0 atom stereocenters. The van der Waals surface area contributed by atoms with Crippen molar-refractivity contribution in [3.05, 3.63) is 59.7 Å². The molecular weight excluding hydrogens is 392 g/mol. The molecule has 6 heteroatoms. The molecular formula is C25H34N2O4. The third-order valence-electron chi connectivity index (χ3n) is 4.80. The first kappa shape index (κ1) is 24.3. The van der Waals surface area contributed by atoms with Gasteiger partial charge in [-0.2, -0.15) is 0 Å². The summed E-state index contributed by atoms with van der Waals surface area (Å²) in [5.74, 6) is 0. The number of rotatable bonds is 8. The van der Waals surface area contributed by atoms with Gasteiger partial charge < -0.3 is 9.47 Å². The predicted molar refractivity (Wildman–Crippen MR) is 125 cm³/mol. The number of carbonyl (C=O) groups is 2. The first-order chi connectivity index (χ1) is 14.8. The lowest BCUT2D eigenvalue weighted by atomic mass is 10.0. The van der Waals surface area contributed by atoms with Crippen molar-refractivity contribution in [3.8, 4) is 0 Å². The molecule has 0 aliphatic rings.